The van der Waals surface area contributed by atoms with Crippen molar-refractivity contribution in [3.63, 3.8) is 0 Å². The van der Waals surface area contributed by atoms with E-state index in [9.17, 15) is 22.8 Å². The average Bonchev–Trinajstić information content (AvgIpc) is 3.28. The zero-order chi connectivity index (χ0) is 19.6. The van der Waals surface area contributed by atoms with Crippen LogP contribution in [0.1, 0.15) is 16.4 Å². The molecular weight excluding hydrogens is 387 g/mol. The van der Waals surface area contributed by atoms with Gasteiger partial charge in [0.25, 0.3) is 5.91 Å². The summed E-state index contributed by atoms with van der Waals surface area (Å²) in [5, 5.41) is 6.62. The SMILES string of the molecule is Cn1c(SCC(=O)N2CCN(C(=O)c3ccco3)CC2)nnc1C(F)(F)F. The summed E-state index contributed by atoms with van der Waals surface area (Å²) in [6, 6.07) is 3.20. The number of aromatic nitrogens is 3. The van der Waals surface area contributed by atoms with Crippen LogP contribution in [0.2, 0.25) is 0 Å². The van der Waals surface area contributed by atoms with E-state index in [0.29, 0.717) is 26.2 Å². The molecule has 146 valence electrons. The fourth-order valence-electron chi connectivity index (χ4n) is 2.62. The third-order valence-corrected chi connectivity index (χ3v) is 5.07. The smallest absolute Gasteiger partial charge is 0.451 e. The average molecular weight is 403 g/mol. The van der Waals surface area contributed by atoms with Crippen molar-refractivity contribution in [1.29, 1.82) is 0 Å². The Morgan fingerprint density at radius 1 is 1.19 bits per heavy atom. The van der Waals surface area contributed by atoms with Gasteiger partial charge in [-0.2, -0.15) is 13.2 Å². The summed E-state index contributed by atoms with van der Waals surface area (Å²) in [7, 11) is 1.20. The second kappa shape index (κ2) is 7.62. The quantitative estimate of drug-likeness (QED) is 0.720. The Hall–Kier alpha value is -2.50. The van der Waals surface area contributed by atoms with Crippen molar-refractivity contribution in [3.8, 4) is 0 Å². The first-order valence-electron chi connectivity index (χ1n) is 7.97. The molecule has 0 radical (unpaired) electrons. The minimum atomic E-state index is -4.60. The van der Waals surface area contributed by atoms with Crippen molar-refractivity contribution in [2.75, 3.05) is 31.9 Å². The molecule has 12 heteroatoms. The van der Waals surface area contributed by atoms with Crippen LogP contribution in [0.4, 0.5) is 13.2 Å². The maximum absolute atomic E-state index is 12.7. The van der Waals surface area contributed by atoms with Gasteiger partial charge < -0.3 is 18.8 Å². The number of amides is 2. The summed E-state index contributed by atoms with van der Waals surface area (Å²) in [5.74, 6) is -1.40. The van der Waals surface area contributed by atoms with Crippen LogP contribution in [0.5, 0.6) is 0 Å². The zero-order valence-electron chi connectivity index (χ0n) is 14.3. The summed E-state index contributed by atoms with van der Waals surface area (Å²) >= 11 is 0.893. The fourth-order valence-corrected chi connectivity index (χ4v) is 3.43. The number of rotatable bonds is 4. The highest BCUT2D eigenvalue weighted by molar-refractivity contribution is 7.99. The second-order valence-electron chi connectivity index (χ2n) is 5.80. The van der Waals surface area contributed by atoms with E-state index >= 15 is 0 Å². The molecule has 3 heterocycles. The minimum absolute atomic E-state index is 0.0160. The number of hydrogen-bond acceptors (Lipinski definition) is 6. The Kier molecular flexibility index (Phi) is 5.44. The first-order valence-corrected chi connectivity index (χ1v) is 8.96. The highest BCUT2D eigenvalue weighted by Gasteiger charge is 2.37. The van der Waals surface area contributed by atoms with Crippen LogP contribution in [0.3, 0.4) is 0 Å². The van der Waals surface area contributed by atoms with E-state index in [4.69, 9.17) is 4.42 Å². The Morgan fingerprint density at radius 2 is 1.85 bits per heavy atom. The van der Waals surface area contributed by atoms with E-state index in [1.165, 1.54) is 13.3 Å². The predicted octanol–water partition coefficient (Wildman–Crippen LogP) is 1.50. The number of hydrogen-bond donors (Lipinski definition) is 0. The van der Waals surface area contributed by atoms with Crippen molar-refractivity contribution in [2.45, 2.75) is 11.3 Å². The Balaban J connectivity index is 1.50. The highest BCUT2D eigenvalue weighted by Crippen LogP contribution is 2.29. The molecule has 0 saturated carbocycles. The molecule has 8 nitrogen and oxygen atoms in total. The Bertz CT molecular complexity index is 813. The molecule has 0 N–H and O–H groups in total. The van der Waals surface area contributed by atoms with Gasteiger partial charge in [0.15, 0.2) is 10.9 Å². The molecule has 0 spiro atoms. The maximum Gasteiger partial charge on any atom is 0.451 e. The van der Waals surface area contributed by atoms with Crippen molar-refractivity contribution >= 4 is 23.6 Å². The van der Waals surface area contributed by atoms with E-state index in [1.54, 1.807) is 21.9 Å². The number of piperazine rings is 1. The lowest BCUT2D eigenvalue weighted by Gasteiger charge is -2.34. The molecule has 0 unspecified atom stereocenters. The molecule has 2 aromatic heterocycles. The second-order valence-corrected chi connectivity index (χ2v) is 6.74. The van der Waals surface area contributed by atoms with E-state index < -0.39 is 12.0 Å². The summed E-state index contributed by atoms with van der Waals surface area (Å²) < 4.78 is 44.0. The number of carbonyl (C=O) groups is 2. The molecule has 0 bridgehead atoms. The van der Waals surface area contributed by atoms with Gasteiger partial charge in [-0.15, -0.1) is 10.2 Å². The van der Waals surface area contributed by atoms with Gasteiger partial charge in [-0.3, -0.25) is 9.59 Å². The van der Waals surface area contributed by atoms with Crippen LogP contribution in [0.25, 0.3) is 0 Å². The van der Waals surface area contributed by atoms with Crippen LogP contribution in [0, 0.1) is 0 Å². The molecule has 0 atom stereocenters. The van der Waals surface area contributed by atoms with Crippen molar-refractivity contribution < 1.29 is 27.2 Å². The number of halogens is 3. The van der Waals surface area contributed by atoms with Crippen LogP contribution in [-0.4, -0.2) is 68.3 Å². The van der Waals surface area contributed by atoms with E-state index in [2.05, 4.69) is 10.2 Å². The standard InChI is InChI=1S/C15H16F3N5O3S/c1-21-13(15(16,17)18)19-20-14(21)27-9-11(24)22-4-6-23(7-5-22)12(25)10-3-2-8-26-10/h2-3,8H,4-7,9H2,1H3. The molecule has 0 aliphatic carbocycles. The first-order chi connectivity index (χ1) is 12.8. The van der Waals surface area contributed by atoms with E-state index in [0.717, 1.165) is 16.3 Å². The van der Waals surface area contributed by atoms with Crippen LogP contribution >= 0.6 is 11.8 Å². The normalized spacial score (nSPS) is 15.3. The molecule has 3 rings (SSSR count). The molecule has 0 aromatic carbocycles. The highest BCUT2D eigenvalue weighted by atomic mass is 32.2. The first kappa shape index (κ1) is 19.3. The largest absolute Gasteiger partial charge is 0.459 e. The Morgan fingerprint density at radius 3 is 2.41 bits per heavy atom. The number of furan rings is 1. The molecule has 27 heavy (non-hydrogen) atoms. The van der Waals surface area contributed by atoms with E-state index in [1.807, 2.05) is 0 Å². The Labute approximate surface area is 156 Å². The lowest BCUT2D eigenvalue weighted by Crippen LogP contribution is -2.51. The van der Waals surface area contributed by atoms with Crippen molar-refractivity contribution in [2.24, 2.45) is 7.05 Å². The fraction of sp³-hybridized carbons (Fsp3) is 0.467. The number of carbonyl (C=O) groups excluding carboxylic acids is 2. The maximum atomic E-state index is 12.7. The minimum Gasteiger partial charge on any atom is -0.459 e. The van der Waals surface area contributed by atoms with Gasteiger partial charge in [-0.1, -0.05) is 11.8 Å². The number of alkyl halides is 3. The van der Waals surface area contributed by atoms with Gasteiger partial charge in [-0.25, -0.2) is 0 Å². The predicted molar refractivity (Wildman–Crippen MR) is 87.9 cm³/mol. The summed E-state index contributed by atoms with van der Waals surface area (Å²) in [4.78, 5) is 27.6. The topological polar surface area (TPSA) is 84.5 Å². The lowest BCUT2D eigenvalue weighted by molar-refractivity contribution is -0.147. The van der Waals surface area contributed by atoms with E-state index in [-0.39, 0.29) is 28.5 Å². The molecular formula is C15H16F3N5O3S. The lowest BCUT2D eigenvalue weighted by atomic mass is 10.3. The molecule has 2 amide bonds. The van der Waals surface area contributed by atoms with Gasteiger partial charge in [0.1, 0.15) is 0 Å². The van der Waals surface area contributed by atoms with Gasteiger partial charge in [0.05, 0.1) is 12.0 Å². The van der Waals surface area contributed by atoms with Gasteiger partial charge in [0.2, 0.25) is 11.7 Å². The molecule has 1 aliphatic rings. The van der Waals surface area contributed by atoms with Gasteiger partial charge >= 0.3 is 6.18 Å². The summed E-state index contributed by atoms with van der Waals surface area (Å²) in [6.45, 7) is 1.41. The van der Waals surface area contributed by atoms with Crippen LogP contribution < -0.4 is 0 Å². The molecule has 2 aromatic rings. The zero-order valence-corrected chi connectivity index (χ0v) is 15.1. The van der Waals surface area contributed by atoms with Crippen molar-refractivity contribution in [3.05, 3.63) is 30.0 Å². The number of nitrogens with zero attached hydrogens (tertiary/aromatic N) is 5. The molecule has 1 fully saturated rings. The van der Waals surface area contributed by atoms with Gasteiger partial charge in [-0.05, 0) is 12.1 Å². The van der Waals surface area contributed by atoms with Gasteiger partial charge in [0, 0.05) is 33.2 Å². The van der Waals surface area contributed by atoms with Crippen LogP contribution in [-0.2, 0) is 18.0 Å². The molecule has 1 saturated heterocycles. The van der Waals surface area contributed by atoms with Crippen LogP contribution in [0.15, 0.2) is 28.0 Å². The summed E-state index contributed by atoms with van der Waals surface area (Å²) in [6.07, 6.45) is -3.18. The third-order valence-electron chi connectivity index (χ3n) is 4.06. The monoisotopic (exact) mass is 403 g/mol. The third kappa shape index (κ3) is 4.26. The summed E-state index contributed by atoms with van der Waals surface area (Å²) in [5.41, 5.74) is 0. The van der Waals surface area contributed by atoms with Crippen molar-refractivity contribution in [1.82, 2.24) is 24.6 Å². The number of thioether (sulfide) groups is 1. The molecule has 1 aliphatic heterocycles.